The molecule has 10 heteroatoms. The van der Waals surface area contributed by atoms with E-state index in [9.17, 15) is 24.2 Å². The SMILES string of the molecule is CCCCCC/C=C\C/C=C\CCCCCCCCCC(=O)OCC(O)COP(=O)(O)OCCNC(=O)CCCCCCCCCCCCCCCCCCCCCCCC. The van der Waals surface area contributed by atoms with Crippen LogP contribution < -0.4 is 5.32 Å². The highest BCUT2D eigenvalue weighted by atomic mass is 31.2. The van der Waals surface area contributed by atoms with E-state index in [2.05, 4.69) is 43.5 Å². The van der Waals surface area contributed by atoms with Crippen LogP contribution in [0.3, 0.4) is 0 Å². The zero-order chi connectivity index (χ0) is 44.6. The highest BCUT2D eigenvalue weighted by Crippen LogP contribution is 2.42. The quantitative estimate of drug-likeness (QED) is 0.0238. The van der Waals surface area contributed by atoms with Gasteiger partial charge in [-0.2, -0.15) is 0 Å². The van der Waals surface area contributed by atoms with Crippen molar-refractivity contribution in [1.29, 1.82) is 0 Å². The number of phosphoric acid groups is 1. The van der Waals surface area contributed by atoms with Gasteiger partial charge in [-0.3, -0.25) is 18.6 Å². The van der Waals surface area contributed by atoms with Crippen molar-refractivity contribution in [3.05, 3.63) is 24.3 Å². The Labute approximate surface area is 376 Å². The van der Waals surface area contributed by atoms with Gasteiger partial charge in [0, 0.05) is 19.4 Å². The third kappa shape index (κ3) is 49.4. The lowest BCUT2D eigenvalue weighted by molar-refractivity contribution is -0.147. The first-order valence-electron chi connectivity index (χ1n) is 25.8. The summed E-state index contributed by atoms with van der Waals surface area (Å²) in [6.45, 7) is 3.58. The van der Waals surface area contributed by atoms with Crippen LogP contribution in [-0.4, -0.2) is 54.3 Å². The monoisotopic (exact) mass is 884 g/mol. The van der Waals surface area contributed by atoms with E-state index >= 15 is 0 Å². The predicted octanol–water partition coefficient (Wildman–Crippen LogP) is 15.1. The summed E-state index contributed by atoms with van der Waals surface area (Å²) in [5, 5.41) is 12.7. The maximum atomic E-state index is 12.1. The summed E-state index contributed by atoms with van der Waals surface area (Å²) in [5.41, 5.74) is 0. The molecule has 2 atom stereocenters. The van der Waals surface area contributed by atoms with Crippen molar-refractivity contribution in [2.45, 2.75) is 264 Å². The van der Waals surface area contributed by atoms with Crippen molar-refractivity contribution in [2.24, 2.45) is 0 Å². The Bertz CT molecular complexity index is 1050. The molecule has 0 rings (SSSR count). The van der Waals surface area contributed by atoms with Gasteiger partial charge in [0.15, 0.2) is 0 Å². The van der Waals surface area contributed by atoms with E-state index in [-0.39, 0.29) is 32.1 Å². The third-order valence-electron chi connectivity index (χ3n) is 11.4. The molecule has 0 aliphatic heterocycles. The Balaban J connectivity index is 3.53. The van der Waals surface area contributed by atoms with Crippen molar-refractivity contribution in [3.63, 3.8) is 0 Å². The van der Waals surface area contributed by atoms with Gasteiger partial charge < -0.3 is 20.1 Å². The molecule has 0 heterocycles. The third-order valence-corrected chi connectivity index (χ3v) is 12.4. The predicted molar refractivity (Wildman–Crippen MR) is 257 cm³/mol. The average Bonchev–Trinajstić information content (AvgIpc) is 3.25. The van der Waals surface area contributed by atoms with Crippen molar-refractivity contribution < 1.29 is 37.9 Å². The van der Waals surface area contributed by atoms with Gasteiger partial charge in [-0.05, 0) is 44.9 Å². The number of phosphoric ester groups is 1. The number of carbonyl (C=O) groups is 2. The number of rotatable bonds is 49. The summed E-state index contributed by atoms with van der Waals surface area (Å²) in [6, 6.07) is 0. The van der Waals surface area contributed by atoms with Gasteiger partial charge in [-0.25, -0.2) is 4.57 Å². The minimum atomic E-state index is -4.42. The number of hydrogen-bond acceptors (Lipinski definition) is 7. The van der Waals surface area contributed by atoms with E-state index in [4.69, 9.17) is 13.8 Å². The van der Waals surface area contributed by atoms with Gasteiger partial charge in [0.2, 0.25) is 5.91 Å². The van der Waals surface area contributed by atoms with Crippen molar-refractivity contribution in [3.8, 4) is 0 Å². The molecule has 0 bridgehead atoms. The van der Waals surface area contributed by atoms with Crippen LogP contribution in [0.2, 0.25) is 0 Å². The minimum absolute atomic E-state index is 0.0847. The Hall–Kier alpha value is -1.51. The number of hydrogen-bond donors (Lipinski definition) is 3. The molecule has 0 aliphatic rings. The lowest BCUT2D eigenvalue weighted by atomic mass is 10.0. The van der Waals surface area contributed by atoms with Crippen LogP contribution in [-0.2, 0) is 27.9 Å². The highest BCUT2D eigenvalue weighted by molar-refractivity contribution is 7.47. The number of esters is 1. The summed E-state index contributed by atoms with van der Waals surface area (Å²) >= 11 is 0. The minimum Gasteiger partial charge on any atom is -0.463 e. The average molecular weight is 884 g/mol. The second kappa shape index (κ2) is 48.0. The summed E-state index contributed by atoms with van der Waals surface area (Å²) in [7, 11) is -4.42. The summed E-state index contributed by atoms with van der Waals surface area (Å²) in [6.07, 6.45) is 54.0. The number of aliphatic hydroxyl groups is 1. The fourth-order valence-electron chi connectivity index (χ4n) is 7.47. The van der Waals surface area contributed by atoms with Gasteiger partial charge >= 0.3 is 13.8 Å². The standard InChI is InChI=1S/C51H98NO8P/c1-3-5-7-9-11-13-15-17-19-21-23-24-25-26-27-29-31-33-35-37-39-41-43-50(54)52-45-46-59-61(56,57)60-48-49(53)47-58-51(55)44-42-40-38-36-34-32-30-28-22-20-18-16-14-12-10-8-6-4-2/h14,16,20,22,49,53H,3-13,15,17-19,21,23-48H2,1-2H3,(H,52,54)(H,56,57)/b16-14-,22-20-. The highest BCUT2D eigenvalue weighted by Gasteiger charge is 2.23. The fraction of sp³-hybridized carbons (Fsp3) is 0.882. The number of nitrogens with one attached hydrogen (secondary N) is 1. The fourth-order valence-corrected chi connectivity index (χ4v) is 8.23. The van der Waals surface area contributed by atoms with E-state index in [1.165, 1.54) is 173 Å². The maximum absolute atomic E-state index is 12.1. The largest absolute Gasteiger partial charge is 0.472 e. The summed E-state index contributed by atoms with van der Waals surface area (Å²) in [4.78, 5) is 34.1. The molecule has 0 radical (unpaired) electrons. The Morgan fingerprint density at radius 2 is 0.885 bits per heavy atom. The molecule has 61 heavy (non-hydrogen) atoms. The second-order valence-corrected chi connectivity index (χ2v) is 19.0. The molecule has 0 aromatic rings. The lowest BCUT2D eigenvalue weighted by Crippen LogP contribution is -2.27. The van der Waals surface area contributed by atoms with Gasteiger partial charge in [-0.1, -0.05) is 224 Å². The number of aliphatic hydroxyl groups excluding tert-OH is 1. The van der Waals surface area contributed by atoms with Crippen LogP contribution in [0.15, 0.2) is 24.3 Å². The van der Waals surface area contributed by atoms with Crippen molar-refractivity contribution in [2.75, 3.05) is 26.4 Å². The van der Waals surface area contributed by atoms with Crippen molar-refractivity contribution >= 4 is 19.7 Å². The molecule has 0 aromatic carbocycles. The molecule has 0 fully saturated rings. The normalized spacial score (nSPS) is 13.3. The summed E-state index contributed by atoms with van der Waals surface area (Å²) < 4.78 is 27.0. The lowest BCUT2D eigenvalue weighted by Gasteiger charge is -2.15. The van der Waals surface area contributed by atoms with Crippen LogP contribution >= 0.6 is 7.82 Å². The van der Waals surface area contributed by atoms with E-state index < -0.39 is 26.5 Å². The van der Waals surface area contributed by atoms with Gasteiger partial charge in [0.1, 0.15) is 12.7 Å². The molecule has 9 nitrogen and oxygen atoms in total. The molecular weight excluding hydrogens is 786 g/mol. The van der Waals surface area contributed by atoms with Crippen molar-refractivity contribution in [1.82, 2.24) is 5.32 Å². The molecule has 0 spiro atoms. The van der Waals surface area contributed by atoms with Crippen LogP contribution in [0.1, 0.15) is 258 Å². The molecule has 0 saturated carbocycles. The number of ether oxygens (including phenoxy) is 1. The van der Waals surface area contributed by atoms with E-state index in [1.54, 1.807) is 0 Å². The molecular formula is C51H98NO8P. The maximum Gasteiger partial charge on any atom is 0.472 e. The first kappa shape index (κ1) is 59.5. The number of amides is 1. The molecule has 0 aliphatic carbocycles. The first-order chi connectivity index (χ1) is 29.8. The van der Waals surface area contributed by atoms with E-state index in [0.717, 1.165) is 57.8 Å². The Morgan fingerprint density at radius 3 is 1.33 bits per heavy atom. The number of allylic oxidation sites excluding steroid dienone is 4. The topological polar surface area (TPSA) is 131 Å². The van der Waals surface area contributed by atoms with Crippen LogP contribution in [0.25, 0.3) is 0 Å². The van der Waals surface area contributed by atoms with Gasteiger partial charge in [0.05, 0.1) is 13.2 Å². The Kier molecular flexibility index (Phi) is 46.8. The van der Waals surface area contributed by atoms with Crippen LogP contribution in [0, 0.1) is 0 Å². The molecule has 2 unspecified atom stereocenters. The second-order valence-electron chi connectivity index (χ2n) is 17.5. The first-order valence-corrected chi connectivity index (χ1v) is 27.3. The zero-order valence-electron chi connectivity index (χ0n) is 39.9. The molecule has 1 amide bonds. The molecule has 3 N–H and O–H groups in total. The molecule has 0 saturated heterocycles. The number of carbonyl (C=O) groups excluding carboxylic acids is 2. The summed E-state index contributed by atoms with van der Waals surface area (Å²) in [5.74, 6) is -0.513. The van der Waals surface area contributed by atoms with Gasteiger partial charge in [-0.15, -0.1) is 0 Å². The number of unbranched alkanes of at least 4 members (excludes halogenated alkanes) is 32. The van der Waals surface area contributed by atoms with Gasteiger partial charge in [0.25, 0.3) is 0 Å². The zero-order valence-corrected chi connectivity index (χ0v) is 40.8. The van der Waals surface area contributed by atoms with Crippen LogP contribution in [0.4, 0.5) is 0 Å². The smallest absolute Gasteiger partial charge is 0.463 e. The molecule has 360 valence electrons. The molecule has 0 aromatic heterocycles. The Morgan fingerprint density at radius 1 is 0.508 bits per heavy atom. The van der Waals surface area contributed by atoms with E-state index in [1.807, 2.05) is 0 Å². The van der Waals surface area contributed by atoms with Crippen LogP contribution in [0.5, 0.6) is 0 Å². The van der Waals surface area contributed by atoms with E-state index in [0.29, 0.717) is 6.42 Å².